The smallest absolute Gasteiger partial charge is 0.306 e. The van der Waals surface area contributed by atoms with E-state index in [1.54, 1.807) is 0 Å². The Morgan fingerprint density at radius 3 is 1.42 bits per heavy atom. The van der Waals surface area contributed by atoms with Crippen molar-refractivity contribution in [1.82, 2.24) is 0 Å². The average molecular weight is 669 g/mol. The molecule has 0 amide bonds. The van der Waals surface area contributed by atoms with Gasteiger partial charge in [-0.05, 0) is 83.5 Å². The van der Waals surface area contributed by atoms with Gasteiger partial charge >= 0.3 is 5.97 Å². The van der Waals surface area contributed by atoms with Gasteiger partial charge in [0.1, 0.15) is 6.10 Å². The standard InChI is InChI=1S/C44H76O4/c1-3-5-7-9-11-13-15-17-19-21-23-25-27-29-31-33-35-37-39-44(46)48-43(41-45)42-47-40-38-36-34-32-30-28-26-24-22-20-18-16-14-12-10-8-6-4-2/h6,8,12-15,18-21,24,26,43,45H,3-5,7,9-11,16-17,22-23,25,27-42H2,1-2H3/b8-6-,14-12-,15-13-,20-18-,21-19-,26-24-. The first kappa shape index (κ1) is 45.8. The molecule has 0 fully saturated rings. The number of aliphatic hydroxyl groups excluding tert-OH is 1. The lowest BCUT2D eigenvalue weighted by molar-refractivity contribution is -0.154. The zero-order valence-electron chi connectivity index (χ0n) is 31.5. The molecule has 0 aromatic rings. The molecule has 1 unspecified atom stereocenters. The van der Waals surface area contributed by atoms with Gasteiger partial charge in [-0.2, -0.15) is 0 Å². The van der Waals surface area contributed by atoms with Crippen LogP contribution in [0.5, 0.6) is 0 Å². The summed E-state index contributed by atoms with van der Waals surface area (Å²) in [6.45, 7) is 5.16. The molecule has 0 bridgehead atoms. The number of carbonyl (C=O) groups excluding carboxylic acids is 1. The normalized spacial score (nSPS) is 13.1. The molecule has 1 N–H and O–H groups in total. The summed E-state index contributed by atoms with van der Waals surface area (Å²) in [5.41, 5.74) is 0. The van der Waals surface area contributed by atoms with E-state index in [0.717, 1.165) is 64.2 Å². The second kappa shape index (κ2) is 41.0. The maximum Gasteiger partial charge on any atom is 0.306 e. The second-order valence-electron chi connectivity index (χ2n) is 13.0. The van der Waals surface area contributed by atoms with Crippen molar-refractivity contribution in [3.8, 4) is 0 Å². The molecule has 4 heteroatoms. The van der Waals surface area contributed by atoms with Crippen LogP contribution >= 0.6 is 0 Å². The summed E-state index contributed by atoms with van der Waals surface area (Å²) in [5.74, 6) is -0.218. The summed E-state index contributed by atoms with van der Waals surface area (Å²) in [4.78, 5) is 12.2. The van der Waals surface area contributed by atoms with Crippen LogP contribution in [0.3, 0.4) is 0 Å². The first-order valence-electron chi connectivity index (χ1n) is 20.0. The SMILES string of the molecule is CC/C=C\C/C=C\C/C=C\C/C=C\CCCCCCCOCC(CO)OC(=O)CCCCCCCCC/C=C\C/C=C\CCCCCC. The van der Waals surface area contributed by atoms with Crippen molar-refractivity contribution in [2.45, 2.75) is 180 Å². The summed E-state index contributed by atoms with van der Waals surface area (Å²) in [7, 11) is 0. The molecular weight excluding hydrogens is 592 g/mol. The lowest BCUT2D eigenvalue weighted by atomic mass is 10.1. The van der Waals surface area contributed by atoms with Crippen molar-refractivity contribution in [1.29, 1.82) is 0 Å². The molecule has 0 saturated heterocycles. The largest absolute Gasteiger partial charge is 0.457 e. The Hall–Kier alpha value is -2.17. The third kappa shape index (κ3) is 38.3. The van der Waals surface area contributed by atoms with Crippen LogP contribution in [0.15, 0.2) is 72.9 Å². The number of esters is 1. The summed E-state index contributed by atoms with van der Waals surface area (Å²) in [5, 5.41) is 9.58. The quantitative estimate of drug-likeness (QED) is 0.0410. The van der Waals surface area contributed by atoms with E-state index in [9.17, 15) is 9.90 Å². The van der Waals surface area contributed by atoms with Gasteiger partial charge in [0.15, 0.2) is 0 Å². The van der Waals surface area contributed by atoms with Crippen LogP contribution in [0.2, 0.25) is 0 Å². The average Bonchev–Trinajstić information content (AvgIpc) is 3.09. The molecule has 1 atom stereocenters. The van der Waals surface area contributed by atoms with Crippen LogP contribution in [0.4, 0.5) is 0 Å². The van der Waals surface area contributed by atoms with Gasteiger partial charge in [0, 0.05) is 13.0 Å². The topological polar surface area (TPSA) is 55.8 Å². The number of rotatable bonds is 36. The number of aliphatic hydroxyl groups is 1. The minimum absolute atomic E-state index is 0.186. The molecule has 48 heavy (non-hydrogen) atoms. The van der Waals surface area contributed by atoms with Crippen molar-refractivity contribution in [3.05, 3.63) is 72.9 Å². The molecule has 0 saturated carbocycles. The minimum Gasteiger partial charge on any atom is -0.457 e. The number of hydrogen-bond acceptors (Lipinski definition) is 4. The van der Waals surface area contributed by atoms with E-state index in [1.807, 2.05) is 0 Å². The fourth-order valence-corrected chi connectivity index (χ4v) is 5.29. The molecule has 0 heterocycles. The van der Waals surface area contributed by atoms with E-state index >= 15 is 0 Å². The molecule has 0 spiro atoms. The number of allylic oxidation sites excluding steroid dienone is 12. The molecule has 0 aromatic heterocycles. The van der Waals surface area contributed by atoms with Crippen molar-refractivity contribution < 1.29 is 19.4 Å². The van der Waals surface area contributed by atoms with E-state index in [1.165, 1.54) is 89.9 Å². The third-order valence-corrected chi connectivity index (χ3v) is 8.27. The molecule has 276 valence electrons. The molecule has 0 aliphatic heterocycles. The Bertz CT molecular complexity index is 835. The number of hydrogen-bond donors (Lipinski definition) is 1. The molecular formula is C44H76O4. The Balaban J connectivity index is 3.52. The van der Waals surface area contributed by atoms with Crippen molar-refractivity contribution in [3.63, 3.8) is 0 Å². The van der Waals surface area contributed by atoms with E-state index in [4.69, 9.17) is 9.47 Å². The van der Waals surface area contributed by atoms with Crippen LogP contribution in [0.25, 0.3) is 0 Å². The number of unbranched alkanes of at least 4 members (excludes halogenated alkanes) is 16. The van der Waals surface area contributed by atoms with Crippen LogP contribution in [-0.2, 0) is 14.3 Å². The summed E-state index contributed by atoms with van der Waals surface area (Å²) < 4.78 is 11.1. The second-order valence-corrected chi connectivity index (χ2v) is 13.0. The predicted molar refractivity (Wildman–Crippen MR) is 209 cm³/mol. The predicted octanol–water partition coefficient (Wildman–Crippen LogP) is 13.0. The monoisotopic (exact) mass is 669 g/mol. The van der Waals surface area contributed by atoms with Gasteiger partial charge < -0.3 is 14.6 Å². The van der Waals surface area contributed by atoms with Gasteiger partial charge in [0.25, 0.3) is 0 Å². The van der Waals surface area contributed by atoms with Crippen molar-refractivity contribution >= 4 is 5.97 Å². The highest BCUT2D eigenvalue weighted by molar-refractivity contribution is 5.69. The highest BCUT2D eigenvalue weighted by atomic mass is 16.6. The highest BCUT2D eigenvalue weighted by Crippen LogP contribution is 2.12. The summed E-state index contributed by atoms with van der Waals surface area (Å²) >= 11 is 0. The van der Waals surface area contributed by atoms with E-state index in [0.29, 0.717) is 13.0 Å². The fourth-order valence-electron chi connectivity index (χ4n) is 5.29. The zero-order chi connectivity index (χ0) is 34.9. The Morgan fingerprint density at radius 1 is 0.521 bits per heavy atom. The van der Waals surface area contributed by atoms with Gasteiger partial charge in [0.05, 0.1) is 13.2 Å². The third-order valence-electron chi connectivity index (χ3n) is 8.27. The lowest BCUT2D eigenvalue weighted by Gasteiger charge is -2.15. The zero-order valence-corrected chi connectivity index (χ0v) is 31.5. The van der Waals surface area contributed by atoms with Crippen LogP contribution in [0, 0.1) is 0 Å². The summed E-state index contributed by atoms with van der Waals surface area (Å²) in [6, 6.07) is 0. The van der Waals surface area contributed by atoms with Gasteiger partial charge in [0.2, 0.25) is 0 Å². The van der Waals surface area contributed by atoms with Gasteiger partial charge in [-0.25, -0.2) is 0 Å². The fraction of sp³-hybridized carbons (Fsp3) is 0.705. The maximum atomic E-state index is 12.2. The highest BCUT2D eigenvalue weighted by Gasteiger charge is 2.13. The Kier molecular flexibility index (Phi) is 39.1. The van der Waals surface area contributed by atoms with Crippen molar-refractivity contribution in [2.24, 2.45) is 0 Å². The van der Waals surface area contributed by atoms with Gasteiger partial charge in [-0.3, -0.25) is 4.79 Å². The number of ether oxygens (including phenoxy) is 2. The summed E-state index contributed by atoms with van der Waals surface area (Å²) in [6.07, 6.45) is 55.2. The lowest BCUT2D eigenvalue weighted by Crippen LogP contribution is -2.27. The molecule has 0 aliphatic rings. The molecule has 0 rings (SSSR count). The van der Waals surface area contributed by atoms with E-state index in [2.05, 4.69) is 86.8 Å². The van der Waals surface area contributed by atoms with Gasteiger partial charge in [-0.1, -0.05) is 157 Å². The van der Waals surface area contributed by atoms with Crippen molar-refractivity contribution in [2.75, 3.05) is 19.8 Å². The van der Waals surface area contributed by atoms with Gasteiger partial charge in [-0.15, -0.1) is 0 Å². The maximum absolute atomic E-state index is 12.2. The first-order chi connectivity index (χ1) is 23.7. The number of carbonyl (C=O) groups is 1. The van der Waals surface area contributed by atoms with Crippen LogP contribution < -0.4 is 0 Å². The molecule has 0 radical (unpaired) electrons. The van der Waals surface area contributed by atoms with Crippen LogP contribution in [0.1, 0.15) is 174 Å². The molecule has 0 aromatic carbocycles. The first-order valence-corrected chi connectivity index (χ1v) is 20.0. The van der Waals surface area contributed by atoms with Crippen LogP contribution in [-0.4, -0.2) is 37.0 Å². The van der Waals surface area contributed by atoms with E-state index in [-0.39, 0.29) is 19.2 Å². The minimum atomic E-state index is -0.552. The molecule has 0 aliphatic carbocycles. The Morgan fingerprint density at radius 2 is 0.938 bits per heavy atom. The molecule has 4 nitrogen and oxygen atoms in total. The van der Waals surface area contributed by atoms with E-state index < -0.39 is 6.10 Å². The Labute approximate surface area is 297 Å².